The Morgan fingerprint density at radius 3 is 2.90 bits per heavy atom. The molecule has 1 unspecified atom stereocenters. The number of thioether (sulfide) groups is 1. The van der Waals surface area contributed by atoms with Gasteiger partial charge in [0, 0.05) is 17.1 Å². The van der Waals surface area contributed by atoms with Gasteiger partial charge in [-0.05, 0) is 24.5 Å². The summed E-state index contributed by atoms with van der Waals surface area (Å²) in [5, 5.41) is 14.2. The number of rotatable bonds is 3. The zero-order valence-corrected chi connectivity index (χ0v) is 12.1. The molecule has 0 aromatic heterocycles. The van der Waals surface area contributed by atoms with E-state index in [1.807, 2.05) is 12.3 Å². The van der Waals surface area contributed by atoms with Crippen molar-refractivity contribution in [3.63, 3.8) is 0 Å². The van der Waals surface area contributed by atoms with Gasteiger partial charge in [-0.3, -0.25) is 9.69 Å². The number of hydrogen-bond donors (Lipinski definition) is 3. The van der Waals surface area contributed by atoms with Crippen LogP contribution in [0.1, 0.15) is 0 Å². The van der Waals surface area contributed by atoms with Crippen LogP contribution in [0.2, 0.25) is 0 Å². The second-order valence-electron chi connectivity index (χ2n) is 4.45. The Kier molecular flexibility index (Phi) is 4.69. The third-order valence-corrected chi connectivity index (χ3v) is 3.78. The number of carbonyl (C=O) groups is 3. The van der Waals surface area contributed by atoms with Crippen LogP contribution < -0.4 is 10.6 Å². The fourth-order valence-electron chi connectivity index (χ4n) is 1.97. The number of nitrogens with one attached hydrogen (secondary N) is 2. The molecular weight excluding hydrogens is 294 g/mol. The Balaban J connectivity index is 2.12. The number of benzene rings is 1. The highest BCUT2D eigenvalue weighted by atomic mass is 32.2. The second-order valence-corrected chi connectivity index (χ2v) is 5.33. The van der Waals surface area contributed by atoms with Crippen molar-refractivity contribution >= 4 is 35.4 Å². The zero-order chi connectivity index (χ0) is 15.4. The standard InChI is InChI=1S/C13H15N3O4S/c1-21-9-4-2-3-8(5-9)15-13(20)16-7-11(17)14-6-10(16)12(18)19/h2-5,10H,6-7H2,1H3,(H,14,17)(H,15,20)(H,18,19). The molecule has 1 saturated heterocycles. The van der Waals surface area contributed by atoms with E-state index in [1.54, 1.807) is 18.2 Å². The maximum absolute atomic E-state index is 12.2. The summed E-state index contributed by atoms with van der Waals surface area (Å²) in [5.41, 5.74) is 0.557. The number of anilines is 1. The third-order valence-electron chi connectivity index (χ3n) is 3.05. The van der Waals surface area contributed by atoms with Crippen LogP contribution in [-0.2, 0) is 9.59 Å². The minimum absolute atomic E-state index is 0.0908. The molecule has 1 aliphatic heterocycles. The lowest BCUT2D eigenvalue weighted by Crippen LogP contribution is -2.60. The van der Waals surface area contributed by atoms with Crippen molar-refractivity contribution in [2.24, 2.45) is 0 Å². The molecule has 1 atom stereocenters. The van der Waals surface area contributed by atoms with E-state index in [4.69, 9.17) is 5.11 Å². The summed E-state index contributed by atoms with van der Waals surface area (Å²) in [6.45, 7) is -0.364. The van der Waals surface area contributed by atoms with E-state index < -0.39 is 18.0 Å². The summed E-state index contributed by atoms with van der Waals surface area (Å²) in [6.07, 6.45) is 1.91. The molecule has 0 radical (unpaired) electrons. The Hall–Kier alpha value is -2.22. The first kappa shape index (κ1) is 15.2. The monoisotopic (exact) mass is 309 g/mol. The molecular formula is C13H15N3O4S. The van der Waals surface area contributed by atoms with Gasteiger partial charge in [-0.2, -0.15) is 0 Å². The first-order chi connectivity index (χ1) is 10.0. The molecule has 1 fully saturated rings. The van der Waals surface area contributed by atoms with Crippen molar-refractivity contribution in [1.29, 1.82) is 0 Å². The van der Waals surface area contributed by atoms with Crippen molar-refractivity contribution in [3.05, 3.63) is 24.3 Å². The molecule has 0 saturated carbocycles. The van der Waals surface area contributed by atoms with Crippen LogP contribution >= 0.6 is 11.8 Å². The van der Waals surface area contributed by atoms with E-state index in [-0.39, 0.29) is 19.0 Å². The van der Waals surface area contributed by atoms with Gasteiger partial charge in [0.05, 0.1) is 0 Å². The molecule has 1 heterocycles. The smallest absolute Gasteiger partial charge is 0.328 e. The summed E-state index contributed by atoms with van der Waals surface area (Å²) < 4.78 is 0. The minimum atomic E-state index is -1.15. The summed E-state index contributed by atoms with van der Waals surface area (Å²) in [6, 6.07) is 5.51. The average molecular weight is 309 g/mol. The molecule has 112 valence electrons. The van der Waals surface area contributed by atoms with E-state index in [0.717, 1.165) is 9.80 Å². The topological polar surface area (TPSA) is 98.7 Å². The highest BCUT2D eigenvalue weighted by molar-refractivity contribution is 7.98. The van der Waals surface area contributed by atoms with E-state index >= 15 is 0 Å². The van der Waals surface area contributed by atoms with Crippen LogP contribution in [0.3, 0.4) is 0 Å². The fourth-order valence-corrected chi connectivity index (χ4v) is 2.43. The van der Waals surface area contributed by atoms with Crippen LogP contribution in [0.25, 0.3) is 0 Å². The molecule has 3 amide bonds. The molecule has 1 aliphatic rings. The molecule has 0 aliphatic carbocycles. The van der Waals surface area contributed by atoms with Gasteiger partial charge in [-0.25, -0.2) is 9.59 Å². The number of carbonyl (C=O) groups excluding carboxylic acids is 2. The van der Waals surface area contributed by atoms with Gasteiger partial charge in [0.1, 0.15) is 12.6 Å². The van der Waals surface area contributed by atoms with Crippen LogP contribution in [0.15, 0.2) is 29.2 Å². The molecule has 0 spiro atoms. The fraction of sp³-hybridized carbons (Fsp3) is 0.308. The molecule has 3 N–H and O–H groups in total. The molecule has 21 heavy (non-hydrogen) atoms. The number of amides is 3. The molecule has 8 heteroatoms. The van der Waals surface area contributed by atoms with Crippen LogP contribution in [0, 0.1) is 0 Å². The lowest BCUT2D eigenvalue weighted by molar-refractivity contribution is -0.144. The summed E-state index contributed by atoms with van der Waals surface area (Å²) >= 11 is 1.53. The molecule has 0 bridgehead atoms. The number of hydrogen-bond acceptors (Lipinski definition) is 4. The summed E-state index contributed by atoms with van der Waals surface area (Å²) in [4.78, 5) is 36.7. The lowest BCUT2D eigenvalue weighted by atomic mass is 10.2. The van der Waals surface area contributed by atoms with Crippen molar-refractivity contribution in [3.8, 4) is 0 Å². The van der Waals surface area contributed by atoms with Gasteiger partial charge in [0.25, 0.3) is 0 Å². The number of aliphatic carboxylic acids is 1. The number of piperazine rings is 1. The van der Waals surface area contributed by atoms with Gasteiger partial charge in [0.15, 0.2) is 0 Å². The SMILES string of the molecule is CSc1cccc(NC(=O)N2CC(=O)NCC2C(=O)O)c1. The number of nitrogens with zero attached hydrogens (tertiary/aromatic N) is 1. The van der Waals surface area contributed by atoms with Gasteiger partial charge in [0.2, 0.25) is 5.91 Å². The third kappa shape index (κ3) is 3.66. The van der Waals surface area contributed by atoms with Gasteiger partial charge in [-0.15, -0.1) is 11.8 Å². The Bertz CT molecular complexity index is 578. The zero-order valence-electron chi connectivity index (χ0n) is 11.3. The van der Waals surface area contributed by atoms with Crippen molar-refractivity contribution in [2.45, 2.75) is 10.9 Å². The van der Waals surface area contributed by atoms with Crippen molar-refractivity contribution in [2.75, 3.05) is 24.7 Å². The highest BCUT2D eigenvalue weighted by Crippen LogP contribution is 2.19. The van der Waals surface area contributed by atoms with Gasteiger partial charge >= 0.3 is 12.0 Å². The van der Waals surface area contributed by atoms with Crippen LogP contribution in [0.5, 0.6) is 0 Å². The van der Waals surface area contributed by atoms with Gasteiger partial charge < -0.3 is 15.7 Å². The minimum Gasteiger partial charge on any atom is -0.480 e. The number of carboxylic acid groups (broad SMARTS) is 1. The maximum atomic E-state index is 12.2. The average Bonchev–Trinajstić information content (AvgIpc) is 2.47. The highest BCUT2D eigenvalue weighted by Gasteiger charge is 2.35. The largest absolute Gasteiger partial charge is 0.480 e. The Morgan fingerprint density at radius 1 is 1.48 bits per heavy atom. The molecule has 7 nitrogen and oxygen atoms in total. The number of carboxylic acids is 1. The van der Waals surface area contributed by atoms with Crippen molar-refractivity contribution in [1.82, 2.24) is 10.2 Å². The first-order valence-corrected chi connectivity index (χ1v) is 7.45. The van der Waals surface area contributed by atoms with Gasteiger partial charge in [-0.1, -0.05) is 6.07 Å². The van der Waals surface area contributed by atoms with E-state index in [0.29, 0.717) is 5.69 Å². The predicted molar refractivity (Wildman–Crippen MR) is 78.4 cm³/mol. The van der Waals surface area contributed by atoms with E-state index in [1.165, 1.54) is 11.8 Å². The lowest BCUT2D eigenvalue weighted by Gasteiger charge is -2.32. The molecule has 1 aromatic rings. The maximum Gasteiger partial charge on any atom is 0.328 e. The second kappa shape index (κ2) is 6.49. The van der Waals surface area contributed by atoms with Crippen molar-refractivity contribution < 1.29 is 19.5 Å². The summed E-state index contributed by atoms with van der Waals surface area (Å²) in [7, 11) is 0. The summed E-state index contributed by atoms with van der Waals surface area (Å²) in [5.74, 6) is -1.52. The predicted octanol–water partition coefficient (Wildman–Crippen LogP) is 0.825. The quantitative estimate of drug-likeness (QED) is 0.718. The Morgan fingerprint density at radius 2 is 2.24 bits per heavy atom. The molecule has 1 aromatic carbocycles. The van der Waals surface area contributed by atoms with Crippen LogP contribution in [-0.4, -0.2) is 53.3 Å². The normalized spacial score (nSPS) is 18.0. The van der Waals surface area contributed by atoms with Crippen LogP contribution in [0.4, 0.5) is 10.5 Å². The Labute approximate surface area is 125 Å². The molecule has 2 rings (SSSR count). The first-order valence-electron chi connectivity index (χ1n) is 6.22. The number of urea groups is 1. The van der Waals surface area contributed by atoms with E-state index in [2.05, 4.69) is 10.6 Å². The van der Waals surface area contributed by atoms with E-state index in [9.17, 15) is 14.4 Å².